The van der Waals surface area contributed by atoms with E-state index in [1.54, 1.807) is 0 Å². The topological polar surface area (TPSA) is 47.3 Å². The van der Waals surface area contributed by atoms with Crippen LogP contribution >= 0.6 is 11.6 Å². The molecular weight excluding hydrogens is 279 g/mol. The second kappa shape index (κ2) is 6.48. The number of ether oxygens (including phenoxy) is 1. The van der Waals surface area contributed by atoms with Crippen LogP contribution in [0.1, 0.15) is 5.56 Å². The summed E-state index contributed by atoms with van der Waals surface area (Å²) in [6, 6.07) is 10.5. The molecule has 0 radical (unpaired) electrons. The first-order chi connectivity index (χ1) is 9.56. The molecule has 0 heterocycles. The zero-order valence-electron chi connectivity index (χ0n) is 11.1. The van der Waals surface area contributed by atoms with Gasteiger partial charge < -0.3 is 15.8 Å². The van der Waals surface area contributed by atoms with Crippen LogP contribution in [0.4, 0.5) is 15.8 Å². The van der Waals surface area contributed by atoms with Crippen molar-refractivity contribution in [2.45, 2.75) is 6.92 Å². The summed E-state index contributed by atoms with van der Waals surface area (Å²) < 4.78 is 18.9. The van der Waals surface area contributed by atoms with Gasteiger partial charge in [0.25, 0.3) is 0 Å². The van der Waals surface area contributed by atoms with Gasteiger partial charge in [0.1, 0.15) is 18.2 Å². The van der Waals surface area contributed by atoms with E-state index in [0.29, 0.717) is 24.5 Å². The van der Waals surface area contributed by atoms with Gasteiger partial charge in [0.05, 0.1) is 16.4 Å². The highest BCUT2D eigenvalue weighted by atomic mass is 35.5. The maximum atomic E-state index is 13.3. The van der Waals surface area contributed by atoms with Gasteiger partial charge in [-0.3, -0.25) is 0 Å². The van der Waals surface area contributed by atoms with Crippen molar-refractivity contribution in [2.75, 3.05) is 24.2 Å². The van der Waals surface area contributed by atoms with Gasteiger partial charge >= 0.3 is 0 Å². The smallest absolute Gasteiger partial charge is 0.143 e. The fraction of sp³-hybridized carbons (Fsp3) is 0.200. The van der Waals surface area contributed by atoms with E-state index in [4.69, 9.17) is 22.1 Å². The van der Waals surface area contributed by atoms with Crippen molar-refractivity contribution in [1.82, 2.24) is 0 Å². The molecule has 0 amide bonds. The lowest BCUT2D eigenvalue weighted by Gasteiger charge is -2.11. The Bertz CT molecular complexity index is 604. The number of nitrogen functional groups attached to an aromatic ring is 1. The molecule has 0 aliphatic rings. The number of hydrogen-bond donors (Lipinski definition) is 2. The minimum atomic E-state index is -0.497. The van der Waals surface area contributed by atoms with Crippen LogP contribution in [-0.2, 0) is 0 Å². The quantitative estimate of drug-likeness (QED) is 0.650. The minimum absolute atomic E-state index is 0.0176. The largest absolute Gasteiger partial charge is 0.492 e. The third kappa shape index (κ3) is 3.78. The lowest BCUT2D eigenvalue weighted by Crippen LogP contribution is -2.12. The molecule has 0 aliphatic carbocycles. The zero-order chi connectivity index (χ0) is 14.5. The van der Waals surface area contributed by atoms with Gasteiger partial charge in [-0.05, 0) is 30.7 Å². The Labute approximate surface area is 122 Å². The highest BCUT2D eigenvalue weighted by molar-refractivity contribution is 6.31. The predicted molar refractivity (Wildman–Crippen MR) is 81.0 cm³/mol. The molecule has 0 saturated carbocycles. The molecule has 3 N–H and O–H groups in total. The summed E-state index contributed by atoms with van der Waals surface area (Å²) in [5, 5.41) is 3.03. The van der Waals surface area contributed by atoms with Crippen molar-refractivity contribution in [1.29, 1.82) is 0 Å². The summed E-state index contributed by atoms with van der Waals surface area (Å²) in [5.41, 5.74) is 7.81. The molecule has 0 aromatic heterocycles. The predicted octanol–water partition coefficient (Wildman–Crippen LogP) is 3.86. The van der Waals surface area contributed by atoms with E-state index in [1.807, 2.05) is 31.2 Å². The molecule has 20 heavy (non-hydrogen) atoms. The minimum Gasteiger partial charge on any atom is -0.492 e. The number of benzene rings is 2. The normalized spacial score (nSPS) is 10.3. The summed E-state index contributed by atoms with van der Waals surface area (Å²) in [4.78, 5) is 0. The van der Waals surface area contributed by atoms with Crippen molar-refractivity contribution in [3.63, 3.8) is 0 Å². The number of aryl methyl sites for hydroxylation is 1. The van der Waals surface area contributed by atoms with Crippen molar-refractivity contribution < 1.29 is 9.13 Å². The number of anilines is 2. The van der Waals surface area contributed by atoms with Gasteiger partial charge in [-0.1, -0.05) is 23.7 Å². The van der Waals surface area contributed by atoms with Gasteiger partial charge in [-0.2, -0.15) is 0 Å². The highest BCUT2D eigenvalue weighted by Gasteiger charge is 2.05. The number of nitrogens with one attached hydrogen (secondary N) is 1. The van der Waals surface area contributed by atoms with Crippen LogP contribution in [-0.4, -0.2) is 13.2 Å². The average molecular weight is 295 g/mol. The van der Waals surface area contributed by atoms with Crippen LogP contribution in [0.2, 0.25) is 5.02 Å². The van der Waals surface area contributed by atoms with Gasteiger partial charge in [-0.15, -0.1) is 0 Å². The molecule has 5 heteroatoms. The Morgan fingerprint density at radius 3 is 2.85 bits per heavy atom. The van der Waals surface area contributed by atoms with Crippen LogP contribution in [0, 0.1) is 12.7 Å². The molecule has 2 aromatic rings. The van der Waals surface area contributed by atoms with E-state index in [-0.39, 0.29) is 5.02 Å². The van der Waals surface area contributed by atoms with Gasteiger partial charge in [-0.25, -0.2) is 4.39 Å². The summed E-state index contributed by atoms with van der Waals surface area (Å²) in [7, 11) is 0. The van der Waals surface area contributed by atoms with Crippen LogP contribution in [0.25, 0.3) is 0 Å². The molecule has 0 spiro atoms. The van der Waals surface area contributed by atoms with Crippen LogP contribution in [0.15, 0.2) is 36.4 Å². The molecule has 2 aromatic carbocycles. The lowest BCUT2D eigenvalue weighted by molar-refractivity contribution is 0.332. The summed E-state index contributed by atoms with van der Waals surface area (Å²) in [6.07, 6.45) is 0. The summed E-state index contributed by atoms with van der Waals surface area (Å²) >= 11 is 5.63. The van der Waals surface area contributed by atoms with Crippen LogP contribution in [0.3, 0.4) is 0 Å². The maximum absolute atomic E-state index is 13.3. The molecule has 0 unspecified atom stereocenters. The van der Waals surface area contributed by atoms with Gasteiger partial charge in [0, 0.05) is 12.6 Å². The molecule has 0 atom stereocenters. The summed E-state index contributed by atoms with van der Waals surface area (Å²) in [5.74, 6) is 0.310. The van der Waals surface area contributed by atoms with Gasteiger partial charge in [0.2, 0.25) is 0 Å². The SMILES string of the molecule is Cc1cccc(OCCNc2cc(F)c(Cl)cc2N)c1. The molecule has 0 bridgehead atoms. The summed E-state index contributed by atoms with van der Waals surface area (Å²) in [6.45, 7) is 2.97. The van der Waals surface area contributed by atoms with E-state index < -0.39 is 5.82 Å². The monoisotopic (exact) mass is 294 g/mol. The van der Waals surface area contributed by atoms with Crippen LogP contribution < -0.4 is 15.8 Å². The Morgan fingerprint density at radius 2 is 2.10 bits per heavy atom. The van der Waals surface area contributed by atoms with E-state index >= 15 is 0 Å². The fourth-order valence-corrected chi connectivity index (χ4v) is 1.95. The Balaban J connectivity index is 1.86. The molecular formula is C15H16ClFN2O. The first-order valence-corrected chi connectivity index (χ1v) is 6.62. The number of halogens is 2. The third-order valence-electron chi connectivity index (χ3n) is 2.77. The Morgan fingerprint density at radius 1 is 1.30 bits per heavy atom. The molecule has 0 aliphatic heterocycles. The lowest BCUT2D eigenvalue weighted by atomic mass is 10.2. The number of rotatable bonds is 5. The molecule has 0 saturated heterocycles. The standard InChI is InChI=1S/C15H16ClFN2O/c1-10-3-2-4-11(7-10)20-6-5-19-15-9-13(17)12(16)8-14(15)18/h2-4,7-9,19H,5-6,18H2,1H3. The number of hydrogen-bond acceptors (Lipinski definition) is 3. The molecule has 106 valence electrons. The molecule has 0 fully saturated rings. The zero-order valence-corrected chi connectivity index (χ0v) is 11.9. The average Bonchev–Trinajstić information content (AvgIpc) is 2.40. The third-order valence-corrected chi connectivity index (χ3v) is 3.06. The van der Waals surface area contributed by atoms with E-state index in [2.05, 4.69) is 5.32 Å². The second-order valence-corrected chi connectivity index (χ2v) is 4.85. The molecule has 2 rings (SSSR count). The van der Waals surface area contributed by atoms with Gasteiger partial charge in [0.15, 0.2) is 0 Å². The van der Waals surface area contributed by atoms with Crippen molar-refractivity contribution in [2.24, 2.45) is 0 Å². The van der Waals surface area contributed by atoms with E-state index in [0.717, 1.165) is 11.3 Å². The van der Waals surface area contributed by atoms with E-state index in [1.165, 1.54) is 12.1 Å². The Hall–Kier alpha value is -1.94. The maximum Gasteiger partial charge on any atom is 0.143 e. The first-order valence-electron chi connectivity index (χ1n) is 6.24. The van der Waals surface area contributed by atoms with Crippen LogP contribution in [0.5, 0.6) is 5.75 Å². The number of nitrogens with two attached hydrogens (primary N) is 1. The van der Waals surface area contributed by atoms with Crippen molar-refractivity contribution >= 4 is 23.0 Å². The first kappa shape index (κ1) is 14.5. The highest BCUT2D eigenvalue weighted by Crippen LogP contribution is 2.25. The van der Waals surface area contributed by atoms with Crippen molar-refractivity contribution in [3.8, 4) is 5.75 Å². The van der Waals surface area contributed by atoms with Crippen molar-refractivity contribution in [3.05, 3.63) is 52.8 Å². The fourth-order valence-electron chi connectivity index (χ4n) is 1.78. The Kier molecular flexibility index (Phi) is 4.69. The van der Waals surface area contributed by atoms with E-state index in [9.17, 15) is 4.39 Å². The molecule has 3 nitrogen and oxygen atoms in total. The second-order valence-electron chi connectivity index (χ2n) is 4.45.